The number of hydrogen-bond acceptors (Lipinski definition) is 4. The number of aromatic nitrogens is 1. The van der Waals surface area contributed by atoms with Crippen LogP contribution in [0.3, 0.4) is 0 Å². The predicted molar refractivity (Wildman–Crippen MR) is 113 cm³/mol. The number of nitrogens with zero attached hydrogens (tertiary/aromatic N) is 2. The number of hydrogen-bond donors (Lipinski definition) is 1. The molecular weight excluding hydrogens is 410 g/mol. The summed E-state index contributed by atoms with van der Waals surface area (Å²) < 4.78 is 27.6. The highest BCUT2D eigenvalue weighted by Gasteiger charge is 2.28. The Morgan fingerprint density at radius 2 is 1.79 bits per heavy atom. The molecule has 150 valence electrons. The minimum absolute atomic E-state index is 0.0862. The maximum Gasteiger partial charge on any atom is 0.264 e. The molecule has 29 heavy (non-hydrogen) atoms. The van der Waals surface area contributed by atoms with Crippen molar-refractivity contribution in [2.75, 3.05) is 10.8 Å². The fraction of sp³-hybridized carbons (Fsp3) is 0.143. The van der Waals surface area contributed by atoms with Gasteiger partial charge in [-0.25, -0.2) is 8.42 Å². The van der Waals surface area contributed by atoms with Crippen LogP contribution < -0.4 is 9.62 Å². The maximum atomic E-state index is 13.3. The Morgan fingerprint density at radius 1 is 1.07 bits per heavy atom. The first kappa shape index (κ1) is 20.8. The molecule has 8 heteroatoms. The largest absolute Gasteiger partial charge is 0.350 e. The second-order valence-corrected chi connectivity index (χ2v) is 8.68. The number of nitrogens with one attached hydrogen (secondary N) is 1. The van der Waals surface area contributed by atoms with Crippen molar-refractivity contribution in [1.82, 2.24) is 10.3 Å². The number of rotatable bonds is 7. The lowest BCUT2D eigenvalue weighted by atomic mass is 10.2. The van der Waals surface area contributed by atoms with Crippen molar-refractivity contribution >= 4 is 33.2 Å². The summed E-state index contributed by atoms with van der Waals surface area (Å²) in [6.07, 6.45) is 3.27. The number of sulfonamides is 1. The second kappa shape index (κ2) is 9.07. The van der Waals surface area contributed by atoms with Crippen molar-refractivity contribution in [2.45, 2.75) is 18.4 Å². The summed E-state index contributed by atoms with van der Waals surface area (Å²) in [6, 6.07) is 16.6. The minimum Gasteiger partial charge on any atom is -0.350 e. The first-order valence-corrected chi connectivity index (χ1v) is 10.7. The van der Waals surface area contributed by atoms with Gasteiger partial charge in [-0.2, -0.15) is 0 Å². The zero-order valence-electron chi connectivity index (χ0n) is 15.7. The van der Waals surface area contributed by atoms with Gasteiger partial charge in [-0.1, -0.05) is 47.5 Å². The Labute approximate surface area is 175 Å². The van der Waals surface area contributed by atoms with Gasteiger partial charge in [0.1, 0.15) is 6.54 Å². The van der Waals surface area contributed by atoms with E-state index in [2.05, 4.69) is 10.3 Å². The topological polar surface area (TPSA) is 79.4 Å². The number of halogens is 1. The average molecular weight is 430 g/mol. The smallest absolute Gasteiger partial charge is 0.264 e. The molecule has 1 heterocycles. The van der Waals surface area contributed by atoms with E-state index in [1.54, 1.807) is 54.9 Å². The molecule has 2 aromatic carbocycles. The van der Waals surface area contributed by atoms with Crippen LogP contribution in [0, 0.1) is 6.92 Å². The molecule has 1 amide bonds. The van der Waals surface area contributed by atoms with Crippen LogP contribution in [0.25, 0.3) is 0 Å². The van der Waals surface area contributed by atoms with Gasteiger partial charge < -0.3 is 5.32 Å². The second-order valence-electron chi connectivity index (χ2n) is 6.41. The number of carbonyl (C=O) groups excluding carboxylic acids is 1. The number of carbonyl (C=O) groups is 1. The van der Waals surface area contributed by atoms with Crippen LogP contribution in [0.1, 0.15) is 11.1 Å². The lowest BCUT2D eigenvalue weighted by Gasteiger charge is -2.25. The van der Waals surface area contributed by atoms with Crippen molar-refractivity contribution in [3.63, 3.8) is 0 Å². The molecule has 0 atom stereocenters. The lowest BCUT2D eigenvalue weighted by molar-refractivity contribution is -0.119. The van der Waals surface area contributed by atoms with Crippen molar-refractivity contribution < 1.29 is 13.2 Å². The van der Waals surface area contributed by atoms with Crippen LogP contribution in [0.2, 0.25) is 5.02 Å². The zero-order chi connectivity index (χ0) is 20.9. The van der Waals surface area contributed by atoms with Gasteiger partial charge in [-0.15, -0.1) is 0 Å². The van der Waals surface area contributed by atoms with E-state index in [1.807, 2.05) is 13.0 Å². The summed E-state index contributed by atoms with van der Waals surface area (Å²) in [6.45, 7) is 1.71. The minimum atomic E-state index is -4.00. The first-order valence-electron chi connectivity index (χ1n) is 8.87. The highest BCUT2D eigenvalue weighted by atomic mass is 35.5. The van der Waals surface area contributed by atoms with Gasteiger partial charge >= 0.3 is 0 Å². The molecule has 3 rings (SSSR count). The average Bonchev–Trinajstić information content (AvgIpc) is 2.72. The van der Waals surface area contributed by atoms with Gasteiger partial charge in [0.15, 0.2) is 0 Å². The van der Waals surface area contributed by atoms with E-state index in [9.17, 15) is 13.2 Å². The standard InChI is InChI=1S/C21H20ClN3O3S/c1-16-8-10-18(11-9-16)29(27,28)25(20-7-3-2-6-19(20)22)15-21(26)24-14-17-5-4-12-23-13-17/h2-13H,14-15H2,1H3,(H,24,26). The summed E-state index contributed by atoms with van der Waals surface area (Å²) >= 11 is 6.25. The van der Waals surface area contributed by atoms with Gasteiger partial charge in [0.2, 0.25) is 5.91 Å². The van der Waals surface area contributed by atoms with Crippen molar-refractivity contribution in [2.24, 2.45) is 0 Å². The summed E-state index contributed by atoms with van der Waals surface area (Å²) in [5.41, 5.74) is 1.99. The van der Waals surface area contributed by atoms with E-state index in [1.165, 1.54) is 12.1 Å². The molecule has 0 aliphatic rings. The Bertz CT molecular complexity index is 1090. The molecule has 0 aliphatic heterocycles. The Kier molecular flexibility index (Phi) is 6.51. The molecule has 0 radical (unpaired) electrons. The van der Waals surface area contributed by atoms with Gasteiger partial charge in [0, 0.05) is 18.9 Å². The van der Waals surface area contributed by atoms with Crippen LogP contribution in [0.5, 0.6) is 0 Å². The lowest BCUT2D eigenvalue weighted by Crippen LogP contribution is -2.40. The summed E-state index contributed by atoms with van der Waals surface area (Å²) in [7, 11) is -4.00. The van der Waals surface area contributed by atoms with Crippen LogP contribution in [-0.2, 0) is 21.4 Å². The number of para-hydroxylation sites is 1. The van der Waals surface area contributed by atoms with Gasteiger partial charge in [-0.3, -0.25) is 14.1 Å². The highest BCUT2D eigenvalue weighted by molar-refractivity contribution is 7.92. The van der Waals surface area contributed by atoms with Crippen LogP contribution in [0.15, 0.2) is 78.0 Å². The summed E-state index contributed by atoms with van der Waals surface area (Å²) in [5.74, 6) is -0.454. The van der Waals surface area contributed by atoms with E-state index in [4.69, 9.17) is 11.6 Å². The van der Waals surface area contributed by atoms with Crippen molar-refractivity contribution in [3.05, 3.63) is 89.2 Å². The first-order chi connectivity index (χ1) is 13.9. The van der Waals surface area contributed by atoms with Crippen LogP contribution >= 0.6 is 11.6 Å². The molecule has 0 aliphatic carbocycles. The van der Waals surface area contributed by atoms with E-state index in [0.717, 1.165) is 15.4 Å². The summed E-state index contributed by atoms with van der Waals surface area (Å²) in [5, 5.41) is 2.96. The van der Waals surface area contributed by atoms with Crippen LogP contribution in [0.4, 0.5) is 5.69 Å². The molecule has 0 bridgehead atoms. The molecule has 0 saturated carbocycles. The molecule has 0 fully saturated rings. The molecular formula is C21H20ClN3O3S. The monoisotopic (exact) mass is 429 g/mol. The predicted octanol–water partition coefficient (Wildman–Crippen LogP) is 3.56. The molecule has 3 aromatic rings. The van der Waals surface area contributed by atoms with Crippen LogP contribution in [-0.4, -0.2) is 25.9 Å². The van der Waals surface area contributed by atoms with E-state index in [-0.39, 0.29) is 22.2 Å². The summed E-state index contributed by atoms with van der Waals surface area (Å²) in [4.78, 5) is 16.6. The SMILES string of the molecule is Cc1ccc(S(=O)(=O)N(CC(=O)NCc2cccnc2)c2ccccc2Cl)cc1. The van der Waals surface area contributed by atoms with Gasteiger partial charge in [-0.05, 0) is 42.8 Å². The Hall–Kier alpha value is -2.90. The number of anilines is 1. The van der Waals surface area contributed by atoms with Crippen molar-refractivity contribution in [1.29, 1.82) is 0 Å². The highest BCUT2D eigenvalue weighted by Crippen LogP contribution is 2.30. The zero-order valence-corrected chi connectivity index (χ0v) is 17.3. The Balaban J connectivity index is 1.88. The third kappa shape index (κ3) is 5.13. The number of pyridine rings is 1. The molecule has 0 spiro atoms. The third-order valence-electron chi connectivity index (χ3n) is 4.23. The Morgan fingerprint density at radius 3 is 2.45 bits per heavy atom. The van der Waals surface area contributed by atoms with Gasteiger partial charge in [0.05, 0.1) is 15.6 Å². The fourth-order valence-electron chi connectivity index (χ4n) is 2.68. The third-order valence-corrected chi connectivity index (χ3v) is 6.32. The van der Waals surface area contributed by atoms with E-state index in [0.29, 0.717) is 0 Å². The molecule has 0 unspecified atom stereocenters. The van der Waals surface area contributed by atoms with Crippen molar-refractivity contribution in [3.8, 4) is 0 Å². The molecule has 0 saturated heterocycles. The number of aryl methyl sites for hydroxylation is 1. The number of benzene rings is 2. The fourth-order valence-corrected chi connectivity index (χ4v) is 4.41. The quantitative estimate of drug-likeness (QED) is 0.622. The molecule has 1 aromatic heterocycles. The van der Waals surface area contributed by atoms with E-state index < -0.39 is 22.5 Å². The van der Waals surface area contributed by atoms with Gasteiger partial charge in [0.25, 0.3) is 10.0 Å². The number of amides is 1. The van der Waals surface area contributed by atoms with E-state index >= 15 is 0 Å². The normalized spacial score (nSPS) is 11.1. The molecule has 6 nitrogen and oxygen atoms in total. The maximum absolute atomic E-state index is 13.3. The molecule has 1 N–H and O–H groups in total.